The highest BCUT2D eigenvalue weighted by Gasteiger charge is 2.09. The molecule has 0 spiro atoms. The summed E-state index contributed by atoms with van der Waals surface area (Å²) in [6.07, 6.45) is 2.59. The third kappa shape index (κ3) is 3.23. The molecular formula is C14H13FN6O. The van der Waals surface area contributed by atoms with E-state index in [0.717, 1.165) is 0 Å². The smallest absolute Gasteiger partial charge is 0.206 e. The van der Waals surface area contributed by atoms with Gasteiger partial charge in [-0.05, 0) is 29.8 Å². The van der Waals surface area contributed by atoms with Gasteiger partial charge in [0.1, 0.15) is 11.9 Å². The van der Waals surface area contributed by atoms with E-state index >= 15 is 0 Å². The lowest BCUT2D eigenvalue weighted by molar-refractivity contribution is 0.219. The number of H-pyrrole nitrogens is 2. The second-order valence-corrected chi connectivity index (χ2v) is 4.66. The van der Waals surface area contributed by atoms with Gasteiger partial charge < -0.3 is 5.11 Å². The lowest BCUT2D eigenvalue weighted by Gasteiger charge is -1.98. The zero-order chi connectivity index (χ0) is 15.4. The van der Waals surface area contributed by atoms with Gasteiger partial charge in [0.05, 0.1) is 11.4 Å². The van der Waals surface area contributed by atoms with Crippen molar-refractivity contribution in [3.63, 3.8) is 0 Å². The second kappa shape index (κ2) is 6.27. The topological polar surface area (TPSA) is 103 Å². The number of aromatic nitrogens is 6. The number of halogens is 1. The molecule has 1 aromatic carbocycles. The number of hydrogen-bond acceptors (Lipinski definition) is 5. The lowest BCUT2D eigenvalue weighted by atomic mass is 10.1. The number of hydrogen-bond donors (Lipinski definition) is 3. The predicted octanol–water partition coefficient (Wildman–Crippen LogP) is 1.40. The van der Waals surface area contributed by atoms with Crippen LogP contribution in [-0.4, -0.2) is 35.9 Å². The first-order valence-electron chi connectivity index (χ1n) is 6.59. The van der Waals surface area contributed by atoms with E-state index in [2.05, 4.69) is 30.8 Å². The number of aliphatic hydroxyl groups is 1. The Balaban J connectivity index is 1.68. The standard InChI is InChI=1S/C14H13FN6O/c15-12-4-2-1-3-9(12)7-11-8-10(16-17-11)5-6-13(22)14-18-20-21-19-14/h1-6,8,13,22H,7H2,(H,16,17)(H,18,19,20,21). The Morgan fingerprint density at radius 3 is 2.91 bits per heavy atom. The predicted molar refractivity (Wildman–Crippen MR) is 76.0 cm³/mol. The van der Waals surface area contributed by atoms with Gasteiger partial charge in [0, 0.05) is 6.42 Å². The molecule has 0 amide bonds. The molecule has 0 fully saturated rings. The summed E-state index contributed by atoms with van der Waals surface area (Å²) >= 11 is 0. The third-order valence-electron chi connectivity index (χ3n) is 3.06. The van der Waals surface area contributed by atoms with Crippen LogP contribution in [0, 0.1) is 5.82 Å². The number of aromatic amines is 2. The number of nitrogens with zero attached hydrogens (tertiary/aromatic N) is 4. The molecule has 2 aromatic heterocycles. The average molecular weight is 300 g/mol. The van der Waals surface area contributed by atoms with E-state index in [1.807, 2.05) is 0 Å². The van der Waals surface area contributed by atoms with Gasteiger partial charge in [-0.3, -0.25) is 5.10 Å². The molecule has 0 saturated carbocycles. The van der Waals surface area contributed by atoms with Crippen molar-refractivity contribution in [1.82, 2.24) is 30.8 Å². The zero-order valence-electron chi connectivity index (χ0n) is 11.4. The van der Waals surface area contributed by atoms with Crippen LogP contribution in [0.5, 0.6) is 0 Å². The van der Waals surface area contributed by atoms with Gasteiger partial charge in [-0.15, -0.1) is 10.2 Å². The summed E-state index contributed by atoms with van der Waals surface area (Å²) in [5.41, 5.74) is 1.98. The molecule has 2 heterocycles. The summed E-state index contributed by atoms with van der Waals surface area (Å²) in [7, 11) is 0. The number of aliphatic hydroxyl groups excluding tert-OH is 1. The van der Waals surface area contributed by atoms with Gasteiger partial charge in [0.2, 0.25) is 5.82 Å². The molecular weight excluding hydrogens is 287 g/mol. The van der Waals surface area contributed by atoms with E-state index in [1.165, 1.54) is 12.1 Å². The molecule has 3 aromatic rings. The minimum atomic E-state index is -0.961. The molecule has 0 saturated heterocycles. The molecule has 8 heteroatoms. The first-order valence-corrected chi connectivity index (χ1v) is 6.59. The molecule has 0 aliphatic rings. The Hall–Kier alpha value is -2.87. The summed E-state index contributed by atoms with van der Waals surface area (Å²) in [5.74, 6) is -0.0718. The zero-order valence-corrected chi connectivity index (χ0v) is 11.4. The molecule has 3 N–H and O–H groups in total. The van der Waals surface area contributed by atoms with Gasteiger partial charge in [0.15, 0.2) is 0 Å². The van der Waals surface area contributed by atoms with Crippen LogP contribution >= 0.6 is 0 Å². The number of rotatable bonds is 5. The molecule has 0 radical (unpaired) electrons. The van der Waals surface area contributed by atoms with Gasteiger partial charge in [0.25, 0.3) is 0 Å². The SMILES string of the molecule is OC(C=Cc1cc(Cc2ccccc2F)n[nH]1)c1nn[nH]n1. The highest BCUT2D eigenvalue weighted by atomic mass is 19.1. The molecule has 0 bridgehead atoms. The largest absolute Gasteiger partial charge is 0.381 e. The fourth-order valence-corrected chi connectivity index (χ4v) is 1.97. The van der Waals surface area contributed by atoms with E-state index < -0.39 is 6.10 Å². The van der Waals surface area contributed by atoms with Gasteiger partial charge >= 0.3 is 0 Å². The maximum atomic E-state index is 13.6. The average Bonchev–Trinajstić information content (AvgIpc) is 3.19. The van der Waals surface area contributed by atoms with Crippen LogP contribution in [0.2, 0.25) is 0 Å². The minimum absolute atomic E-state index is 0.183. The second-order valence-electron chi connectivity index (χ2n) is 4.66. The van der Waals surface area contributed by atoms with Crippen molar-refractivity contribution in [3.8, 4) is 0 Å². The Morgan fingerprint density at radius 1 is 1.27 bits per heavy atom. The van der Waals surface area contributed by atoms with Crippen molar-refractivity contribution < 1.29 is 9.50 Å². The Bertz CT molecular complexity index is 767. The van der Waals surface area contributed by atoms with Crippen LogP contribution < -0.4 is 0 Å². The van der Waals surface area contributed by atoms with Gasteiger partial charge in [-0.2, -0.15) is 10.3 Å². The van der Waals surface area contributed by atoms with E-state index in [0.29, 0.717) is 23.4 Å². The molecule has 7 nitrogen and oxygen atoms in total. The molecule has 1 unspecified atom stereocenters. The van der Waals surface area contributed by atoms with Crippen LogP contribution in [0.4, 0.5) is 4.39 Å². The maximum absolute atomic E-state index is 13.6. The number of nitrogens with one attached hydrogen (secondary N) is 2. The highest BCUT2D eigenvalue weighted by molar-refractivity contribution is 5.46. The summed E-state index contributed by atoms with van der Waals surface area (Å²) in [6, 6.07) is 8.36. The number of tetrazole rings is 1. The van der Waals surface area contributed by atoms with Crippen LogP contribution in [0.3, 0.4) is 0 Å². The summed E-state index contributed by atoms with van der Waals surface area (Å²) in [6.45, 7) is 0. The Morgan fingerprint density at radius 2 is 2.14 bits per heavy atom. The van der Waals surface area contributed by atoms with Crippen LogP contribution in [0.15, 0.2) is 36.4 Å². The van der Waals surface area contributed by atoms with Crippen molar-refractivity contribution in [2.75, 3.05) is 0 Å². The van der Waals surface area contributed by atoms with Crippen molar-refractivity contribution >= 4 is 6.08 Å². The fourth-order valence-electron chi connectivity index (χ4n) is 1.97. The maximum Gasteiger partial charge on any atom is 0.206 e. The molecule has 3 rings (SSSR count). The molecule has 0 aliphatic heterocycles. The summed E-state index contributed by atoms with van der Waals surface area (Å²) in [5, 5.41) is 29.7. The molecule has 0 aliphatic carbocycles. The first-order chi connectivity index (χ1) is 10.7. The third-order valence-corrected chi connectivity index (χ3v) is 3.06. The monoisotopic (exact) mass is 300 g/mol. The number of benzene rings is 1. The van der Waals surface area contributed by atoms with E-state index in [-0.39, 0.29) is 11.6 Å². The summed E-state index contributed by atoms with van der Waals surface area (Å²) in [4.78, 5) is 0. The summed E-state index contributed by atoms with van der Waals surface area (Å²) < 4.78 is 13.6. The van der Waals surface area contributed by atoms with Crippen molar-refractivity contribution in [2.24, 2.45) is 0 Å². The normalized spacial score (nSPS) is 12.8. The Labute approximate surface area is 124 Å². The van der Waals surface area contributed by atoms with Crippen LogP contribution in [0.25, 0.3) is 6.08 Å². The highest BCUT2D eigenvalue weighted by Crippen LogP contribution is 2.14. The van der Waals surface area contributed by atoms with E-state index in [9.17, 15) is 9.50 Å². The fraction of sp³-hybridized carbons (Fsp3) is 0.143. The van der Waals surface area contributed by atoms with Gasteiger partial charge in [-0.1, -0.05) is 23.4 Å². The lowest BCUT2D eigenvalue weighted by Crippen LogP contribution is -1.95. The molecule has 1 atom stereocenters. The van der Waals surface area contributed by atoms with Crippen LogP contribution in [-0.2, 0) is 6.42 Å². The minimum Gasteiger partial charge on any atom is -0.381 e. The van der Waals surface area contributed by atoms with Crippen molar-refractivity contribution in [1.29, 1.82) is 0 Å². The van der Waals surface area contributed by atoms with Gasteiger partial charge in [-0.25, -0.2) is 4.39 Å². The van der Waals surface area contributed by atoms with Crippen molar-refractivity contribution in [2.45, 2.75) is 12.5 Å². The van der Waals surface area contributed by atoms with Crippen molar-refractivity contribution in [3.05, 3.63) is 65.0 Å². The Kier molecular flexibility index (Phi) is 4.01. The quantitative estimate of drug-likeness (QED) is 0.661. The van der Waals surface area contributed by atoms with Crippen LogP contribution in [0.1, 0.15) is 28.9 Å². The van der Waals surface area contributed by atoms with E-state index in [4.69, 9.17) is 0 Å². The first kappa shape index (κ1) is 14.1. The molecule has 22 heavy (non-hydrogen) atoms. The van der Waals surface area contributed by atoms with E-state index in [1.54, 1.807) is 30.3 Å². The molecule has 112 valence electrons.